The third-order valence-corrected chi connectivity index (χ3v) is 3.87. The Morgan fingerprint density at radius 2 is 2.04 bits per heavy atom. The van der Waals surface area contributed by atoms with Crippen molar-refractivity contribution in [2.45, 2.75) is 25.9 Å². The second-order valence-electron chi connectivity index (χ2n) is 6.02. The lowest BCUT2D eigenvalue weighted by atomic mass is 10.1. The number of hydrogen-bond donors (Lipinski definition) is 3. The molecule has 0 aliphatic carbocycles. The zero-order valence-electron chi connectivity index (χ0n) is 13.6. The zero-order chi connectivity index (χ0) is 17.3. The molecule has 0 saturated heterocycles. The van der Waals surface area contributed by atoms with E-state index in [1.165, 1.54) is 12.1 Å². The fraction of sp³-hybridized carbons (Fsp3) is 0.222. The number of fused-ring (bicyclic) bond motifs is 1. The van der Waals surface area contributed by atoms with Gasteiger partial charge in [0.05, 0.1) is 11.7 Å². The van der Waals surface area contributed by atoms with Gasteiger partial charge >= 0.3 is 0 Å². The highest BCUT2D eigenvalue weighted by atomic mass is 16.3. The second-order valence-corrected chi connectivity index (χ2v) is 6.02. The average Bonchev–Trinajstić information content (AvgIpc) is 2.97. The molecule has 0 fully saturated rings. The monoisotopic (exact) mass is 324 g/mol. The summed E-state index contributed by atoms with van der Waals surface area (Å²) in [5.41, 5.74) is 8.15. The number of rotatable bonds is 4. The molecule has 1 atom stereocenters. The molecular formula is C18H20N4O2. The molecule has 6 nitrogen and oxygen atoms in total. The van der Waals surface area contributed by atoms with Crippen LogP contribution in [0.3, 0.4) is 0 Å². The van der Waals surface area contributed by atoms with Gasteiger partial charge in [0.25, 0.3) is 0 Å². The normalized spacial score (nSPS) is 12.5. The van der Waals surface area contributed by atoms with Crippen molar-refractivity contribution in [3.63, 3.8) is 0 Å². The van der Waals surface area contributed by atoms with Gasteiger partial charge in [-0.25, -0.2) is 0 Å². The molecule has 0 saturated carbocycles. The molecule has 0 aliphatic rings. The van der Waals surface area contributed by atoms with Crippen molar-refractivity contribution in [1.29, 1.82) is 0 Å². The summed E-state index contributed by atoms with van der Waals surface area (Å²) in [6.45, 7) is 4.10. The number of aromatic nitrogens is 2. The molecule has 1 heterocycles. The maximum absolute atomic E-state index is 12.4. The molecule has 0 aliphatic heterocycles. The molecule has 6 heteroatoms. The van der Waals surface area contributed by atoms with Gasteiger partial charge in [-0.05, 0) is 49.7 Å². The third-order valence-electron chi connectivity index (χ3n) is 3.87. The van der Waals surface area contributed by atoms with Crippen molar-refractivity contribution in [2.75, 3.05) is 5.32 Å². The molecule has 2 aromatic carbocycles. The molecule has 0 radical (unpaired) electrons. The van der Waals surface area contributed by atoms with E-state index in [1.54, 1.807) is 18.3 Å². The van der Waals surface area contributed by atoms with E-state index in [0.717, 1.165) is 10.9 Å². The Hall–Kier alpha value is -2.86. The van der Waals surface area contributed by atoms with Crippen LogP contribution in [0, 0.1) is 0 Å². The van der Waals surface area contributed by atoms with Gasteiger partial charge in [-0.2, -0.15) is 5.10 Å². The first-order chi connectivity index (χ1) is 11.5. The number of nitrogens with one attached hydrogen (secondary N) is 1. The smallest absolute Gasteiger partial charge is 0.245 e. The fourth-order valence-electron chi connectivity index (χ4n) is 2.62. The molecule has 3 rings (SSSR count). The predicted octanol–water partition coefficient (Wildman–Crippen LogP) is 2.96. The summed E-state index contributed by atoms with van der Waals surface area (Å²) < 4.78 is 1.90. The topological polar surface area (TPSA) is 93.2 Å². The van der Waals surface area contributed by atoms with Crippen LogP contribution < -0.4 is 11.1 Å². The molecule has 0 spiro atoms. The number of nitrogens with two attached hydrogens (primary N) is 1. The molecule has 0 bridgehead atoms. The lowest BCUT2D eigenvalue weighted by Gasteiger charge is -2.13. The van der Waals surface area contributed by atoms with Crippen LogP contribution in [0.1, 0.15) is 31.5 Å². The fourth-order valence-corrected chi connectivity index (χ4v) is 2.62. The molecule has 24 heavy (non-hydrogen) atoms. The van der Waals surface area contributed by atoms with Crippen molar-refractivity contribution in [3.8, 4) is 5.75 Å². The number of phenols is 1. The minimum atomic E-state index is -0.859. The van der Waals surface area contributed by atoms with Crippen molar-refractivity contribution >= 4 is 22.5 Å². The summed E-state index contributed by atoms with van der Waals surface area (Å²) in [6.07, 6.45) is 1.80. The van der Waals surface area contributed by atoms with Gasteiger partial charge in [0.15, 0.2) is 0 Å². The van der Waals surface area contributed by atoms with E-state index >= 15 is 0 Å². The lowest BCUT2D eigenvalue weighted by Crippen LogP contribution is -2.27. The van der Waals surface area contributed by atoms with Crippen molar-refractivity contribution in [3.05, 3.63) is 54.2 Å². The maximum atomic E-state index is 12.4. The van der Waals surface area contributed by atoms with Gasteiger partial charge in [0.1, 0.15) is 11.8 Å². The van der Waals surface area contributed by atoms with Gasteiger partial charge < -0.3 is 16.2 Å². The maximum Gasteiger partial charge on any atom is 0.245 e. The summed E-state index contributed by atoms with van der Waals surface area (Å²) >= 11 is 0. The van der Waals surface area contributed by atoms with Gasteiger partial charge in [-0.3, -0.25) is 9.48 Å². The number of nitrogens with zero attached hydrogens (tertiary/aromatic N) is 2. The second kappa shape index (κ2) is 6.33. The SMILES string of the molecule is CC(C)n1ncc2ccc(NC(=O)C(N)c3cccc(O)c3)cc21. The van der Waals surface area contributed by atoms with Crippen molar-refractivity contribution < 1.29 is 9.90 Å². The minimum Gasteiger partial charge on any atom is -0.508 e. The molecule has 124 valence electrons. The lowest BCUT2D eigenvalue weighted by molar-refractivity contribution is -0.117. The van der Waals surface area contributed by atoms with Crippen LogP contribution in [0.15, 0.2) is 48.7 Å². The predicted molar refractivity (Wildman–Crippen MR) is 93.8 cm³/mol. The van der Waals surface area contributed by atoms with E-state index in [0.29, 0.717) is 11.3 Å². The third kappa shape index (κ3) is 3.09. The van der Waals surface area contributed by atoms with E-state index in [2.05, 4.69) is 24.3 Å². The number of anilines is 1. The number of phenolic OH excluding ortho intramolecular Hbond substituents is 1. The first-order valence-electron chi connectivity index (χ1n) is 7.78. The number of hydrogen-bond acceptors (Lipinski definition) is 4. The molecule has 3 aromatic rings. The highest BCUT2D eigenvalue weighted by Gasteiger charge is 2.17. The van der Waals surface area contributed by atoms with Crippen LogP contribution in [0.2, 0.25) is 0 Å². The van der Waals surface area contributed by atoms with Gasteiger partial charge in [0.2, 0.25) is 5.91 Å². The Morgan fingerprint density at radius 1 is 1.25 bits per heavy atom. The Morgan fingerprint density at radius 3 is 2.75 bits per heavy atom. The number of carbonyl (C=O) groups is 1. The first kappa shape index (κ1) is 16.0. The Bertz CT molecular complexity index is 886. The van der Waals surface area contributed by atoms with Crippen molar-refractivity contribution in [2.24, 2.45) is 5.73 Å². The molecule has 4 N–H and O–H groups in total. The van der Waals surface area contributed by atoms with E-state index in [4.69, 9.17) is 5.73 Å². The van der Waals surface area contributed by atoms with E-state index in [-0.39, 0.29) is 17.7 Å². The van der Waals surface area contributed by atoms with Gasteiger partial charge in [0, 0.05) is 17.1 Å². The average molecular weight is 324 g/mol. The number of benzene rings is 2. The molecule has 1 aromatic heterocycles. The zero-order valence-corrected chi connectivity index (χ0v) is 13.6. The minimum absolute atomic E-state index is 0.0815. The molecule has 1 unspecified atom stereocenters. The van der Waals surface area contributed by atoms with E-state index in [1.807, 2.05) is 22.9 Å². The largest absolute Gasteiger partial charge is 0.508 e. The summed E-state index contributed by atoms with van der Waals surface area (Å²) in [5, 5.41) is 17.7. The van der Waals surface area contributed by atoms with E-state index < -0.39 is 6.04 Å². The van der Waals surface area contributed by atoms with E-state index in [9.17, 15) is 9.90 Å². The first-order valence-corrected chi connectivity index (χ1v) is 7.78. The van der Waals surface area contributed by atoms with Crippen LogP contribution in [0.5, 0.6) is 5.75 Å². The summed E-state index contributed by atoms with van der Waals surface area (Å²) in [6, 6.07) is 11.4. The number of carbonyl (C=O) groups excluding carboxylic acids is 1. The van der Waals surface area contributed by atoms with Gasteiger partial charge in [-0.1, -0.05) is 12.1 Å². The quantitative estimate of drug-likeness (QED) is 0.688. The number of amides is 1. The molecular weight excluding hydrogens is 304 g/mol. The van der Waals surface area contributed by atoms with Crippen LogP contribution >= 0.6 is 0 Å². The van der Waals surface area contributed by atoms with Gasteiger partial charge in [-0.15, -0.1) is 0 Å². The van der Waals surface area contributed by atoms with Crippen molar-refractivity contribution in [1.82, 2.24) is 9.78 Å². The Balaban J connectivity index is 1.83. The summed E-state index contributed by atoms with van der Waals surface area (Å²) in [4.78, 5) is 12.4. The Labute approximate surface area is 139 Å². The van der Waals surface area contributed by atoms with Crippen LogP contribution in [-0.2, 0) is 4.79 Å². The highest BCUT2D eigenvalue weighted by molar-refractivity contribution is 5.97. The highest BCUT2D eigenvalue weighted by Crippen LogP contribution is 2.23. The Kier molecular flexibility index (Phi) is 4.22. The van der Waals surface area contributed by atoms with Crippen LogP contribution in [0.4, 0.5) is 5.69 Å². The summed E-state index contributed by atoms with van der Waals surface area (Å²) in [7, 11) is 0. The van der Waals surface area contributed by atoms with Crippen LogP contribution in [-0.4, -0.2) is 20.8 Å². The summed E-state index contributed by atoms with van der Waals surface area (Å²) in [5.74, 6) is -0.256. The number of aromatic hydroxyl groups is 1. The van der Waals surface area contributed by atoms with Crippen LogP contribution in [0.25, 0.3) is 10.9 Å². The standard InChI is InChI=1S/C18H20N4O2/c1-11(2)22-16-9-14(7-6-13(16)10-20-22)21-18(24)17(19)12-4-3-5-15(23)8-12/h3-11,17,23H,19H2,1-2H3,(H,21,24). The molecule has 1 amide bonds.